The van der Waals surface area contributed by atoms with Gasteiger partial charge in [-0.1, -0.05) is 34.1 Å². The third kappa shape index (κ3) is 2.72. The molecule has 0 aliphatic carbocycles. The van der Waals surface area contributed by atoms with Crippen LogP contribution in [0.5, 0.6) is 5.75 Å². The molecule has 1 aromatic carbocycles. The van der Waals surface area contributed by atoms with E-state index < -0.39 is 0 Å². The summed E-state index contributed by atoms with van der Waals surface area (Å²) in [5, 5.41) is 0.224. The van der Waals surface area contributed by atoms with E-state index >= 15 is 0 Å². The number of carbonyl (C=O) groups is 1. The Kier molecular flexibility index (Phi) is 3.11. The van der Waals surface area contributed by atoms with Crippen molar-refractivity contribution in [3.8, 4) is 5.75 Å². The third-order valence-corrected chi connectivity index (χ3v) is 1.54. The van der Waals surface area contributed by atoms with Crippen LogP contribution in [-0.4, -0.2) is 11.3 Å². The van der Waals surface area contributed by atoms with Gasteiger partial charge in [0.2, 0.25) is 0 Å². The number of hydrogen-bond acceptors (Lipinski definition) is 2. The van der Waals surface area contributed by atoms with Crippen LogP contribution in [-0.2, 0) is 4.79 Å². The fourth-order valence-electron chi connectivity index (χ4n) is 0.647. The number of alkyl halides is 1. The van der Waals surface area contributed by atoms with Gasteiger partial charge in [0.1, 0.15) is 11.1 Å². The highest BCUT2D eigenvalue weighted by Crippen LogP contribution is 2.08. The van der Waals surface area contributed by atoms with Crippen molar-refractivity contribution in [1.29, 1.82) is 0 Å². The second-order valence-electron chi connectivity index (χ2n) is 1.92. The largest absolute Gasteiger partial charge is 0.426 e. The minimum atomic E-state index is -0.281. The molecule has 0 bridgehead atoms. The van der Waals surface area contributed by atoms with Crippen LogP contribution in [0.25, 0.3) is 0 Å². The molecule has 11 heavy (non-hydrogen) atoms. The lowest BCUT2D eigenvalue weighted by atomic mass is 10.3. The molecule has 0 radical (unpaired) electrons. The molecule has 1 aromatic rings. The van der Waals surface area contributed by atoms with Gasteiger partial charge in [-0.25, -0.2) is 0 Å². The first kappa shape index (κ1) is 8.27. The number of esters is 1. The molecule has 0 amide bonds. The van der Waals surface area contributed by atoms with Gasteiger partial charge in [-0.3, -0.25) is 4.79 Å². The van der Waals surface area contributed by atoms with Crippen LogP contribution in [0.1, 0.15) is 0 Å². The number of rotatable bonds is 2. The zero-order valence-electron chi connectivity index (χ0n) is 5.79. The lowest BCUT2D eigenvalue weighted by molar-refractivity contribution is -0.131. The first-order valence-electron chi connectivity index (χ1n) is 3.14. The van der Waals surface area contributed by atoms with E-state index in [2.05, 4.69) is 15.9 Å². The summed E-state index contributed by atoms with van der Waals surface area (Å²) in [6, 6.07) is 8.97. The summed E-state index contributed by atoms with van der Waals surface area (Å²) in [5.74, 6) is 0.299. The Morgan fingerprint density at radius 1 is 1.36 bits per heavy atom. The molecule has 2 nitrogen and oxygen atoms in total. The molecule has 0 aliphatic rings. The van der Waals surface area contributed by atoms with Crippen LogP contribution < -0.4 is 4.74 Å². The normalized spacial score (nSPS) is 9.18. The summed E-state index contributed by atoms with van der Waals surface area (Å²) in [7, 11) is 0. The first-order valence-corrected chi connectivity index (χ1v) is 4.27. The average molecular weight is 216 g/mol. The number of para-hydroxylation sites is 1. The molecule has 58 valence electrons. The van der Waals surface area contributed by atoms with Gasteiger partial charge in [0, 0.05) is 0 Å². The maximum atomic E-state index is 10.7. The van der Waals surface area contributed by atoms with Crippen molar-refractivity contribution in [1.82, 2.24) is 0 Å². The Hall–Kier alpha value is -0.830. The summed E-state index contributed by atoms with van der Waals surface area (Å²) in [6.07, 6.45) is 0. The van der Waals surface area contributed by atoms with Gasteiger partial charge in [-0.05, 0) is 12.1 Å². The minimum absolute atomic E-state index is 0.224. The molecule has 0 heterocycles. The maximum absolute atomic E-state index is 10.7. The molecule has 3 heteroatoms. The molecule has 0 unspecified atom stereocenters. The molecule has 0 fully saturated rings. The van der Waals surface area contributed by atoms with E-state index in [1.54, 1.807) is 12.1 Å². The van der Waals surface area contributed by atoms with Crippen molar-refractivity contribution in [2.24, 2.45) is 0 Å². The number of carbonyl (C=O) groups excluding carboxylic acids is 1. The predicted molar refractivity (Wildman–Crippen MR) is 45.9 cm³/mol. The fourth-order valence-corrected chi connectivity index (χ4v) is 0.762. The van der Waals surface area contributed by atoms with Gasteiger partial charge in [-0.2, -0.15) is 0 Å². The number of halogens is 1. The second-order valence-corrected chi connectivity index (χ2v) is 2.48. The smallest absolute Gasteiger partial charge is 0.321 e. The lowest BCUT2D eigenvalue weighted by Crippen LogP contribution is -2.08. The van der Waals surface area contributed by atoms with Gasteiger partial charge in [-0.15, -0.1) is 0 Å². The van der Waals surface area contributed by atoms with Crippen molar-refractivity contribution < 1.29 is 9.53 Å². The Morgan fingerprint density at radius 3 is 2.55 bits per heavy atom. The van der Waals surface area contributed by atoms with E-state index in [-0.39, 0.29) is 11.3 Å². The molecule has 0 aliphatic heterocycles. The first-order chi connectivity index (χ1) is 5.33. The molecule has 0 N–H and O–H groups in total. The van der Waals surface area contributed by atoms with E-state index in [0.29, 0.717) is 5.75 Å². The van der Waals surface area contributed by atoms with E-state index in [9.17, 15) is 4.79 Å². The summed E-state index contributed by atoms with van der Waals surface area (Å²) in [4.78, 5) is 10.7. The quantitative estimate of drug-likeness (QED) is 0.327. The average Bonchev–Trinajstić information content (AvgIpc) is 2.06. The molecule has 0 aromatic heterocycles. The summed E-state index contributed by atoms with van der Waals surface area (Å²) in [5.41, 5.74) is 0. The van der Waals surface area contributed by atoms with Gasteiger partial charge in [0.15, 0.2) is 0 Å². The maximum Gasteiger partial charge on any atom is 0.321 e. The Labute approximate surface area is 73.3 Å². The van der Waals surface area contributed by atoms with Crippen molar-refractivity contribution in [3.05, 3.63) is 30.3 Å². The summed E-state index contributed by atoms with van der Waals surface area (Å²) in [6.45, 7) is 0. The van der Waals surface area contributed by atoms with Gasteiger partial charge < -0.3 is 4.74 Å². The second kappa shape index (κ2) is 4.13. The molecule has 0 saturated carbocycles. The fraction of sp³-hybridized carbons (Fsp3) is 0.125. The zero-order valence-corrected chi connectivity index (χ0v) is 7.37. The topological polar surface area (TPSA) is 26.3 Å². The predicted octanol–water partition coefficient (Wildman–Crippen LogP) is 1.99. The number of ether oxygens (including phenoxy) is 1. The third-order valence-electron chi connectivity index (χ3n) is 1.08. The number of hydrogen-bond donors (Lipinski definition) is 0. The minimum Gasteiger partial charge on any atom is -0.426 e. The van der Waals surface area contributed by atoms with E-state index in [1.165, 1.54) is 0 Å². The highest BCUT2D eigenvalue weighted by molar-refractivity contribution is 9.09. The van der Waals surface area contributed by atoms with Gasteiger partial charge in [0.25, 0.3) is 0 Å². The standard InChI is InChI=1S/C8H7BrO2/c9-6-8(10)11-7-4-2-1-3-5-7/h1-5H,6H2/i6+1. The molecule has 0 saturated heterocycles. The highest BCUT2D eigenvalue weighted by Gasteiger charge is 1.99. The van der Waals surface area contributed by atoms with Crippen LogP contribution in [0.3, 0.4) is 0 Å². The van der Waals surface area contributed by atoms with Crippen molar-refractivity contribution in [3.63, 3.8) is 0 Å². The SMILES string of the molecule is O=C([13CH2]Br)Oc1ccccc1. The van der Waals surface area contributed by atoms with Crippen LogP contribution in [0.15, 0.2) is 30.3 Å². The monoisotopic (exact) mass is 215 g/mol. The van der Waals surface area contributed by atoms with E-state index in [1.807, 2.05) is 18.2 Å². The molecular weight excluding hydrogens is 209 g/mol. The molecule has 0 atom stereocenters. The van der Waals surface area contributed by atoms with E-state index in [4.69, 9.17) is 4.74 Å². The molecule has 0 spiro atoms. The van der Waals surface area contributed by atoms with Crippen molar-refractivity contribution >= 4 is 21.9 Å². The van der Waals surface area contributed by atoms with Gasteiger partial charge in [0.05, 0.1) is 0 Å². The van der Waals surface area contributed by atoms with Crippen LogP contribution in [0, 0.1) is 0 Å². The Bertz CT molecular complexity index is 233. The summed E-state index contributed by atoms with van der Waals surface area (Å²) >= 11 is 3.00. The Balaban J connectivity index is 2.58. The van der Waals surface area contributed by atoms with Crippen LogP contribution >= 0.6 is 15.9 Å². The van der Waals surface area contributed by atoms with Crippen LogP contribution in [0.4, 0.5) is 0 Å². The molecule has 1 rings (SSSR count). The van der Waals surface area contributed by atoms with Crippen molar-refractivity contribution in [2.75, 3.05) is 5.33 Å². The van der Waals surface area contributed by atoms with E-state index in [0.717, 1.165) is 0 Å². The van der Waals surface area contributed by atoms with Crippen LogP contribution in [0.2, 0.25) is 0 Å². The lowest BCUT2D eigenvalue weighted by Gasteiger charge is -1.99. The Morgan fingerprint density at radius 2 is 2.00 bits per heavy atom. The van der Waals surface area contributed by atoms with Crippen molar-refractivity contribution in [2.45, 2.75) is 0 Å². The summed E-state index contributed by atoms with van der Waals surface area (Å²) < 4.78 is 4.88. The number of benzene rings is 1. The highest BCUT2D eigenvalue weighted by atomic mass is 79.9. The van der Waals surface area contributed by atoms with Gasteiger partial charge >= 0.3 is 5.97 Å². The zero-order chi connectivity index (χ0) is 8.10. The molecular formula is C8H7BrO2.